The third-order valence-corrected chi connectivity index (χ3v) is 3.69. The van der Waals surface area contributed by atoms with Crippen molar-refractivity contribution in [3.8, 4) is 11.3 Å². The van der Waals surface area contributed by atoms with Crippen LogP contribution in [-0.2, 0) is 6.61 Å². The molecule has 94 valence electrons. The predicted molar refractivity (Wildman–Crippen MR) is 75.6 cm³/mol. The van der Waals surface area contributed by atoms with Gasteiger partial charge < -0.3 is 5.11 Å². The van der Waals surface area contributed by atoms with Gasteiger partial charge in [0.15, 0.2) is 0 Å². The van der Waals surface area contributed by atoms with Gasteiger partial charge in [-0.05, 0) is 18.2 Å². The molecule has 0 saturated heterocycles. The molecule has 0 bridgehead atoms. The van der Waals surface area contributed by atoms with E-state index >= 15 is 0 Å². The third kappa shape index (κ3) is 2.58. The lowest BCUT2D eigenvalue weighted by Gasteiger charge is -2.10. The molecule has 6 heteroatoms. The second-order valence-corrected chi connectivity index (χ2v) is 5.16. The van der Waals surface area contributed by atoms with Gasteiger partial charge in [-0.3, -0.25) is 4.98 Å². The van der Waals surface area contributed by atoms with E-state index in [1.54, 1.807) is 18.2 Å². The molecule has 0 spiro atoms. The Bertz CT molecular complexity index is 601. The summed E-state index contributed by atoms with van der Waals surface area (Å²) in [7, 11) is 0. The Morgan fingerprint density at radius 3 is 2.39 bits per heavy atom. The smallest absolute Gasteiger partial charge is 0.0907 e. The van der Waals surface area contributed by atoms with E-state index in [0.29, 0.717) is 31.9 Å². The summed E-state index contributed by atoms with van der Waals surface area (Å²) in [6, 6.07) is 5.01. The highest BCUT2D eigenvalue weighted by Gasteiger charge is 2.15. The van der Waals surface area contributed by atoms with Crippen LogP contribution in [-0.4, -0.2) is 10.1 Å². The van der Waals surface area contributed by atoms with E-state index in [9.17, 15) is 5.11 Å². The molecule has 18 heavy (non-hydrogen) atoms. The number of rotatable bonds is 2. The molecule has 2 nitrogen and oxygen atoms in total. The lowest BCUT2D eigenvalue weighted by Crippen LogP contribution is -1.94. The first kappa shape index (κ1) is 13.9. The number of benzene rings is 1. The number of aliphatic hydroxyl groups excluding tert-OH is 1. The standard InChI is InChI=1S/C12H7Cl4NO/c13-6-1-2-7(9(14)3-6)12-11(16)8(5-18)10(15)4-17-12/h1-4,18H,5H2. The summed E-state index contributed by atoms with van der Waals surface area (Å²) < 4.78 is 0. The maximum atomic E-state index is 9.23. The van der Waals surface area contributed by atoms with E-state index in [1.165, 1.54) is 6.20 Å². The molecule has 1 aromatic carbocycles. The van der Waals surface area contributed by atoms with Crippen molar-refractivity contribution < 1.29 is 5.11 Å². The number of hydrogen-bond donors (Lipinski definition) is 1. The maximum absolute atomic E-state index is 9.23. The van der Waals surface area contributed by atoms with Crippen molar-refractivity contribution >= 4 is 46.4 Å². The fourth-order valence-corrected chi connectivity index (χ4v) is 2.58. The molecule has 0 saturated carbocycles. The van der Waals surface area contributed by atoms with E-state index in [0.717, 1.165) is 0 Å². The largest absolute Gasteiger partial charge is 0.392 e. The van der Waals surface area contributed by atoms with Gasteiger partial charge in [0.1, 0.15) is 0 Å². The van der Waals surface area contributed by atoms with Crippen molar-refractivity contribution in [2.75, 3.05) is 0 Å². The summed E-state index contributed by atoms with van der Waals surface area (Å²) >= 11 is 24.0. The van der Waals surface area contributed by atoms with E-state index in [1.807, 2.05) is 0 Å². The van der Waals surface area contributed by atoms with Crippen LogP contribution in [0.5, 0.6) is 0 Å². The van der Waals surface area contributed by atoms with Crippen LogP contribution in [0.4, 0.5) is 0 Å². The first-order valence-electron chi connectivity index (χ1n) is 4.93. The average Bonchev–Trinajstić information content (AvgIpc) is 2.31. The van der Waals surface area contributed by atoms with Gasteiger partial charge in [0.2, 0.25) is 0 Å². The highest BCUT2D eigenvalue weighted by molar-refractivity contribution is 6.39. The number of halogens is 4. The van der Waals surface area contributed by atoms with Crippen molar-refractivity contribution in [2.45, 2.75) is 6.61 Å². The Morgan fingerprint density at radius 1 is 1.06 bits per heavy atom. The monoisotopic (exact) mass is 321 g/mol. The number of pyridine rings is 1. The zero-order valence-electron chi connectivity index (χ0n) is 8.92. The Hall–Kier alpha value is -0.510. The van der Waals surface area contributed by atoms with Crippen LogP contribution in [0.3, 0.4) is 0 Å². The van der Waals surface area contributed by atoms with Crippen LogP contribution in [0.15, 0.2) is 24.4 Å². The van der Waals surface area contributed by atoms with Gasteiger partial charge in [0, 0.05) is 22.3 Å². The summed E-state index contributed by atoms with van der Waals surface area (Å²) in [6.07, 6.45) is 1.43. The average molecular weight is 323 g/mol. The predicted octanol–water partition coefficient (Wildman–Crippen LogP) is 4.85. The molecule has 0 amide bonds. The van der Waals surface area contributed by atoms with Crippen LogP contribution in [0.25, 0.3) is 11.3 Å². The minimum atomic E-state index is -0.265. The van der Waals surface area contributed by atoms with Crippen LogP contribution < -0.4 is 0 Å². The van der Waals surface area contributed by atoms with Crippen molar-refractivity contribution in [1.82, 2.24) is 4.98 Å². The quantitative estimate of drug-likeness (QED) is 0.857. The van der Waals surface area contributed by atoms with Gasteiger partial charge in [0.05, 0.1) is 27.4 Å². The summed E-state index contributed by atoms with van der Waals surface area (Å²) in [4.78, 5) is 4.14. The lowest BCUT2D eigenvalue weighted by molar-refractivity contribution is 0.282. The van der Waals surface area contributed by atoms with E-state index in [-0.39, 0.29) is 11.6 Å². The Kier molecular flexibility index (Phi) is 4.36. The molecule has 0 unspecified atom stereocenters. The molecule has 1 aromatic heterocycles. The fourth-order valence-electron chi connectivity index (χ4n) is 1.52. The first-order chi connectivity index (χ1) is 8.54. The molecule has 2 rings (SSSR count). The molecule has 0 aliphatic rings. The van der Waals surface area contributed by atoms with E-state index in [4.69, 9.17) is 46.4 Å². The van der Waals surface area contributed by atoms with E-state index in [2.05, 4.69) is 4.98 Å². The second kappa shape index (κ2) is 5.64. The normalized spacial score (nSPS) is 10.7. The zero-order chi connectivity index (χ0) is 13.3. The highest BCUT2D eigenvalue weighted by atomic mass is 35.5. The van der Waals surface area contributed by atoms with Gasteiger partial charge >= 0.3 is 0 Å². The molecular weight excluding hydrogens is 316 g/mol. The van der Waals surface area contributed by atoms with Gasteiger partial charge in [-0.25, -0.2) is 0 Å². The molecular formula is C12H7Cl4NO. The van der Waals surface area contributed by atoms with Crippen molar-refractivity contribution in [3.63, 3.8) is 0 Å². The second-order valence-electron chi connectivity index (χ2n) is 3.53. The van der Waals surface area contributed by atoms with Crippen molar-refractivity contribution in [1.29, 1.82) is 0 Å². The summed E-state index contributed by atoms with van der Waals surface area (Å²) in [6.45, 7) is -0.265. The molecule has 0 aliphatic heterocycles. The lowest BCUT2D eigenvalue weighted by atomic mass is 10.1. The first-order valence-corrected chi connectivity index (χ1v) is 6.45. The number of nitrogens with zero attached hydrogens (tertiary/aromatic N) is 1. The number of aliphatic hydroxyl groups is 1. The van der Waals surface area contributed by atoms with Gasteiger partial charge in [-0.2, -0.15) is 0 Å². The van der Waals surface area contributed by atoms with Gasteiger partial charge in [-0.15, -0.1) is 0 Å². The molecule has 0 fully saturated rings. The topological polar surface area (TPSA) is 33.1 Å². The molecule has 0 radical (unpaired) electrons. The Balaban J connectivity index is 2.64. The van der Waals surface area contributed by atoms with Gasteiger partial charge in [-0.1, -0.05) is 46.4 Å². The minimum Gasteiger partial charge on any atom is -0.392 e. The van der Waals surface area contributed by atoms with Crippen LogP contribution in [0.1, 0.15) is 5.56 Å². The molecule has 1 heterocycles. The number of aromatic nitrogens is 1. The summed E-state index contributed by atoms with van der Waals surface area (Å²) in [5, 5.41) is 10.8. The third-order valence-electron chi connectivity index (χ3n) is 2.41. The van der Waals surface area contributed by atoms with Crippen LogP contribution in [0, 0.1) is 0 Å². The Labute approximate surface area is 124 Å². The minimum absolute atomic E-state index is 0.265. The van der Waals surface area contributed by atoms with Crippen molar-refractivity contribution in [2.24, 2.45) is 0 Å². The SMILES string of the molecule is OCc1c(Cl)cnc(-c2ccc(Cl)cc2Cl)c1Cl. The molecule has 1 N–H and O–H groups in total. The maximum Gasteiger partial charge on any atom is 0.0907 e. The van der Waals surface area contributed by atoms with Gasteiger partial charge in [0.25, 0.3) is 0 Å². The summed E-state index contributed by atoms with van der Waals surface area (Å²) in [5.41, 5.74) is 1.53. The molecule has 2 aromatic rings. The molecule has 0 aliphatic carbocycles. The van der Waals surface area contributed by atoms with Crippen LogP contribution >= 0.6 is 46.4 Å². The van der Waals surface area contributed by atoms with Crippen LogP contribution in [0.2, 0.25) is 20.1 Å². The summed E-state index contributed by atoms with van der Waals surface area (Å²) in [5.74, 6) is 0. The zero-order valence-corrected chi connectivity index (χ0v) is 11.9. The Morgan fingerprint density at radius 2 is 1.78 bits per heavy atom. The van der Waals surface area contributed by atoms with Crippen molar-refractivity contribution in [3.05, 3.63) is 50.0 Å². The van der Waals surface area contributed by atoms with E-state index < -0.39 is 0 Å². The highest BCUT2D eigenvalue weighted by Crippen LogP contribution is 2.36. The molecule has 0 atom stereocenters. The fraction of sp³-hybridized carbons (Fsp3) is 0.0833. The number of hydrogen-bond acceptors (Lipinski definition) is 2.